The van der Waals surface area contributed by atoms with Crippen LogP contribution in [-0.4, -0.2) is 29.2 Å². The third-order valence-electron chi connectivity index (χ3n) is 2.54. The van der Waals surface area contributed by atoms with Crippen molar-refractivity contribution in [2.45, 2.75) is 12.7 Å². The van der Waals surface area contributed by atoms with Crippen molar-refractivity contribution in [1.82, 2.24) is 9.78 Å². The van der Waals surface area contributed by atoms with Gasteiger partial charge in [-0.05, 0) is 40.3 Å². The molecule has 0 atom stereocenters. The van der Waals surface area contributed by atoms with E-state index in [2.05, 4.69) is 32.4 Å². The second kappa shape index (κ2) is 6.57. The highest BCUT2D eigenvalue weighted by Gasteiger charge is 2.27. The SMILES string of the molecule is FC(F)(F)COCCn1cc(-c2ccc(I)cc2)cn1. The average molecular weight is 396 g/mol. The van der Waals surface area contributed by atoms with Crippen LogP contribution in [0, 0.1) is 3.57 Å². The van der Waals surface area contributed by atoms with Crippen LogP contribution in [0.3, 0.4) is 0 Å². The first-order valence-corrected chi connectivity index (χ1v) is 6.95. The Morgan fingerprint density at radius 2 is 1.85 bits per heavy atom. The monoisotopic (exact) mass is 396 g/mol. The molecule has 2 rings (SSSR count). The summed E-state index contributed by atoms with van der Waals surface area (Å²) in [7, 11) is 0. The lowest BCUT2D eigenvalue weighted by Gasteiger charge is -2.07. The molecule has 1 aromatic carbocycles. The normalized spacial score (nSPS) is 11.8. The quantitative estimate of drug-likeness (QED) is 0.569. The van der Waals surface area contributed by atoms with Crippen LogP contribution in [0.2, 0.25) is 0 Å². The molecule has 108 valence electrons. The molecule has 0 radical (unpaired) electrons. The van der Waals surface area contributed by atoms with E-state index in [1.807, 2.05) is 24.3 Å². The van der Waals surface area contributed by atoms with Gasteiger partial charge in [0.25, 0.3) is 0 Å². The Morgan fingerprint density at radius 1 is 1.15 bits per heavy atom. The van der Waals surface area contributed by atoms with Crippen LogP contribution in [0.15, 0.2) is 36.7 Å². The molecule has 2 aromatic rings. The number of ether oxygens (including phenoxy) is 1. The van der Waals surface area contributed by atoms with Crippen LogP contribution in [0.1, 0.15) is 0 Å². The summed E-state index contributed by atoms with van der Waals surface area (Å²) in [6.07, 6.45) is -0.804. The number of hydrogen-bond acceptors (Lipinski definition) is 2. The Balaban J connectivity index is 1.88. The molecule has 0 amide bonds. The molecule has 0 spiro atoms. The molecule has 3 nitrogen and oxygen atoms in total. The molecule has 0 saturated carbocycles. The van der Waals surface area contributed by atoms with E-state index in [0.29, 0.717) is 6.54 Å². The third-order valence-corrected chi connectivity index (χ3v) is 3.26. The van der Waals surface area contributed by atoms with Crippen molar-refractivity contribution < 1.29 is 17.9 Å². The predicted molar refractivity (Wildman–Crippen MR) is 77.3 cm³/mol. The number of benzene rings is 1. The summed E-state index contributed by atoms with van der Waals surface area (Å²) in [4.78, 5) is 0. The lowest BCUT2D eigenvalue weighted by molar-refractivity contribution is -0.174. The van der Waals surface area contributed by atoms with Gasteiger partial charge in [-0.25, -0.2) is 0 Å². The van der Waals surface area contributed by atoms with Crippen LogP contribution in [0.25, 0.3) is 11.1 Å². The van der Waals surface area contributed by atoms with Crippen LogP contribution < -0.4 is 0 Å². The maximum atomic E-state index is 11.9. The number of halogens is 4. The van der Waals surface area contributed by atoms with Gasteiger partial charge in [0.05, 0.1) is 19.3 Å². The fraction of sp³-hybridized carbons (Fsp3) is 0.308. The van der Waals surface area contributed by atoms with Crippen molar-refractivity contribution in [3.63, 3.8) is 0 Å². The molecule has 1 aromatic heterocycles. The van der Waals surface area contributed by atoms with Crippen LogP contribution >= 0.6 is 22.6 Å². The number of rotatable bonds is 5. The van der Waals surface area contributed by atoms with Gasteiger partial charge in [0.2, 0.25) is 0 Å². The minimum Gasteiger partial charge on any atom is -0.370 e. The topological polar surface area (TPSA) is 27.1 Å². The van der Waals surface area contributed by atoms with Gasteiger partial charge in [-0.2, -0.15) is 18.3 Å². The van der Waals surface area contributed by atoms with Gasteiger partial charge < -0.3 is 4.74 Å². The van der Waals surface area contributed by atoms with E-state index in [1.54, 1.807) is 17.1 Å². The van der Waals surface area contributed by atoms with Crippen LogP contribution in [-0.2, 0) is 11.3 Å². The second-order valence-electron chi connectivity index (χ2n) is 4.17. The Morgan fingerprint density at radius 3 is 2.50 bits per heavy atom. The van der Waals surface area contributed by atoms with Gasteiger partial charge in [-0.3, -0.25) is 4.68 Å². The minimum absolute atomic E-state index is 0.0205. The van der Waals surface area contributed by atoms with E-state index in [4.69, 9.17) is 0 Å². The molecule has 0 fully saturated rings. The lowest BCUT2D eigenvalue weighted by atomic mass is 10.1. The molecular formula is C13H12F3IN2O. The Bertz CT molecular complexity index is 551. The average Bonchev–Trinajstić information content (AvgIpc) is 2.83. The van der Waals surface area contributed by atoms with Crippen LogP contribution in [0.4, 0.5) is 13.2 Å². The van der Waals surface area contributed by atoms with Crippen molar-refractivity contribution in [3.8, 4) is 11.1 Å². The molecule has 20 heavy (non-hydrogen) atoms. The Labute approximate surface area is 127 Å². The third kappa shape index (κ3) is 4.78. The number of nitrogens with zero attached hydrogens (tertiary/aromatic N) is 2. The highest BCUT2D eigenvalue weighted by atomic mass is 127. The highest BCUT2D eigenvalue weighted by molar-refractivity contribution is 14.1. The zero-order chi connectivity index (χ0) is 14.6. The van der Waals surface area contributed by atoms with E-state index >= 15 is 0 Å². The molecule has 0 N–H and O–H groups in total. The largest absolute Gasteiger partial charge is 0.411 e. The molecular weight excluding hydrogens is 384 g/mol. The van der Waals surface area contributed by atoms with Gasteiger partial charge in [0, 0.05) is 15.3 Å². The van der Waals surface area contributed by atoms with Crippen molar-refractivity contribution >= 4 is 22.6 Å². The van der Waals surface area contributed by atoms with E-state index in [9.17, 15) is 13.2 Å². The van der Waals surface area contributed by atoms with E-state index < -0.39 is 12.8 Å². The number of hydrogen-bond donors (Lipinski definition) is 0. The molecule has 0 aliphatic heterocycles. The second-order valence-corrected chi connectivity index (χ2v) is 5.41. The highest BCUT2D eigenvalue weighted by Crippen LogP contribution is 2.19. The first-order valence-electron chi connectivity index (χ1n) is 5.87. The molecule has 0 aliphatic carbocycles. The summed E-state index contributed by atoms with van der Waals surface area (Å²) in [5.74, 6) is 0. The van der Waals surface area contributed by atoms with E-state index in [1.165, 1.54) is 0 Å². The van der Waals surface area contributed by atoms with Crippen molar-refractivity contribution in [2.24, 2.45) is 0 Å². The molecule has 0 aliphatic rings. The minimum atomic E-state index is -4.28. The summed E-state index contributed by atoms with van der Waals surface area (Å²) in [6, 6.07) is 7.92. The van der Waals surface area contributed by atoms with Gasteiger partial charge in [0.15, 0.2) is 0 Å². The molecule has 0 bridgehead atoms. The molecule has 0 unspecified atom stereocenters. The first kappa shape index (κ1) is 15.3. The predicted octanol–water partition coefficient (Wildman–Crippen LogP) is 3.73. The maximum Gasteiger partial charge on any atom is 0.411 e. The van der Waals surface area contributed by atoms with E-state index in [-0.39, 0.29) is 6.61 Å². The molecule has 7 heteroatoms. The first-order chi connectivity index (χ1) is 9.44. The van der Waals surface area contributed by atoms with Crippen molar-refractivity contribution in [1.29, 1.82) is 0 Å². The zero-order valence-electron chi connectivity index (χ0n) is 10.4. The molecule has 0 saturated heterocycles. The van der Waals surface area contributed by atoms with Crippen molar-refractivity contribution in [2.75, 3.05) is 13.2 Å². The lowest BCUT2D eigenvalue weighted by Crippen LogP contribution is -2.19. The summed E-state index contributed by atoms with van der Waals surface area (Å²) >= 11 is 2.22. The van der Waals surface area contributed by atoms with Gasteiger partial charge in [-0.15, -0.1) is 0 Å². The summed E-state index contributed by atoms with van der Waals surface area (Å²) in [6.45, 7) is -0.952. The van der Waals surface area contributed by atoms with Gasteiger partial charge in [0.1, 0.15) is 6.61 Å². The summed E-state index contributed by atoms with van der Waals surface area (Å²) < 4.78 is 42.9. The zero-order valence-corrected chi connectivity index (χ0v) is 12.6. The summed E-state index contributed by atoms with van der Waals surface area (Å²) in [5, 5.41) is 4.10. The molecule has 1 heterocycles. The van der Waals surface area contributed by atoms with Gasteiger partial charge >= 0.3 is 6.18 Å². The fourth-order valence-electron chi connectivity index (χ4n) is 1.62. The van der Waals surface area contributed by atoms with Crippen LogP contribution in [0.5, 0.6) is 0 Å². The fourth-order valence-corrected chi connectivity index (χ4v) is 1.98. The number of alkyl halides is 3. The Kier molecular flexibility index (Phi) is 5.03. The Hall–Kier alpha value is -1.09. The van der Waals surface area contributed by atoms with E-state index in [0.717, 1.165) is 14.7 Å². The number of aromatic nitrogens is 2. The standard InChI is InChI=1S/C13H12F3IN2O/c14-13(15,16)9-20-6-5-19-8-11(7-18-19)10-1-3-12(17)4-2-10/h1-4,7-8H,5-6,9H2. The smallest absolute Gasteiger partial charge is 0.370 e. The maximum absolute atomic E-state index is 11.9. The summed E-state index contributed by atoms with van der Waals surface area (Å²) in [5.41, 5.74) is 1.95. The van der Waals surface area contributed by atoms with Gasteiger partial charge in [-0.1, -0.05) is 12.1 Å². The van der Waals surface area contributed by atoms with Crippen molar-refractivity contribution in [3.05, 3.63) is 40.2 Å².